The maximum absolute atomic E-state index is 12.2. The Bertz CT molecular complexity index is 999. The lowest BCUT2D eigenvalue weighted by Crippen LogP contribution is -2.23. The molecule has 0 aliphatic heterocycles. The van der Waals surface area contributed by atoms with E-state index in [9.17, 15) is 9.59 Å². The van der Waals surface area contributed by atoms with Crippen LogP contribution in [0.2, 0.25) is 0 Å². The topological polar surface area (TPSA) is 77.3 Å². The summed E-state index contributed by atoms with van der Waals surface area (Å²) in [5, 5.41) is 7.06. The lowest BCUT2D eigenvalue weighted by Gasteiger charge is -2.10. The van der Waals surface area contributed by atoms with Gasteiger partial charge in [-0.25, -0.2) is 9.67 Å². The molecule has 0 radical (unpaired) electrons. The third-order valence-corrected chi connectivity index (χ3v) is 5.00. The minimum atomic E-state index is -0.248. The second-order valence-electron chi connectivity index (χ2n) is 6.93. The molecule has 7 nitrogen and oxygen atoms in total. The molecule has 29 heavy (non-hydrogen) atoms. The van der Waals surface area contributed by atoms with E-state index in [0.717, 1.165) is 29.1 Å². The molecule has 0 spiro atoms. The molecule has 3 aromatic rings. The molecule has 2 heterocycles. The molecule has 3 rings (SSSR count). The highest BCUT2D eigenvalue weighted by Gasteiger charge is 2.09. The van der Waals surface area contributed by atoms with Gasteiger partial charge < -0.3 is 9.64 Å². The maximum atomic E-state index is 12.2. The molecule has 2 aromatic heterocycles. The number of hydrogen-bond acceptors (Lipinski definition) is 7. The molecular weight excluding hydrogens is 388 g/mol. The maximum Gasteiger partial charge on any atom is 0.310 e. The lowest BCUT2D eigenvalue weighted by molar-refractivity contribution is -0.143. The van der Waals surface area contributed by atoms with E-state index in [0.29, 0.717) is 18.8 Å². The quantitative estimate of drug-likeness (QED) is 0.397. The number of ether oxygens (including phenoxy) is 1. The fraction of sp³-hybridized carbons (Fsp3) is 0.333. The van der Waals surface area contributed by atoms with Crippen molar-refractivity contribution in [2.24, 2.45) is 0 Å². The summed E-state index contributed by atoms with van der Waals surface area (Å²) in [6, 6.07) is 10.8. The van der Waals surface area contributed by atoms with Gasteiger partial charge in [-0.05, 0) is 37.7 Å². The summed E-state index contributed by atoms with van der Waals surface area (Å²) in [5.41, 5.74) is 2.23. The van der Waals surface area contributed by atoms with Crippen molar-refractivity contribution in [1.29, 1.82) is 0 Å². The van der Waals surface area contributed by atoms with Crippen molar-refractivity contribution in [2.75, 3.05) is 27.2 Å². The minimum Gasteiger partial charge on any atom is -0.465 e. The zero-order valence-electron chi connectivity index (χ0n) is 16.6. The summed E-state index contributed by atoms with van der Waals surface area (Å²) in [4.78, 5) is 30.5. The molecule has 0 unspecified atom stereocenters. The fourth-order valence-electron chi connectivity index (χ4n) is 2.82. The number of aromatic nitrogens is 3. The van der Waals surface area contributed by atoms with Crippen LogP contribution in [0.5, 0.6) is 0 Å². The van der Waals surface area contributed by atoms with Gasteiger partial charge in [0.25, 0.3) is 5.56 Å². The highest BCUT2D eigenvalue weighted by Crippen LogP contribution is 2.18. The van der Waals surface area contributed by atoms with Crippen LogP contribution in [0.1, 0.15) is 17.5 Å². The van der Waals surface area contributed by atoms with Gasteiger partial charge in [0.15, 0.2) is 0 Å². The van der Waals surface area contributed by atoms with Crippen molar-refractivity contribution in [3.63, 3.8) is 0 Å². The molecule has 0 aliphatic carbocycles. The first-order valence-electron chi connectivity index (χ1n) is 9.37. The summed E-state index contributed by atoms with van der Waals surface area (Å²) in [5.74, 6) is -0.248. The van der Waals surface area contributed by atoms with Crippen LogP contribution in [0, 0.1) is 0 Å². The summed E-state index contributed by atoms with van der Waals surface area (Å²) in [7, 11) is 3.97. The average Bonchev–Trinajstić information content (AvgIpc) is 3.22. The molecule has 0 saturated heterocycles. The second-order valence-corrected chi connectivity index (χ2v) is 7.82. The first kappa shape index (κ1) is 20.9. The molecule has 0 amide bonds. The number of carbonyl (C=O) groups is 1. The van der Waals surface area contributed by atoms with Crippen LogP contribution in [-0.2, 0) is 22.5 Å². The molecule has 8 heteroatoms. The molecule has 0 fully saturated rings. The SMILES string of the molecule is CN(C)CCCOC(=O)Cc1cccc(Cn2nc(-c3nccs3)ccc2=O)c1. The number of thiazole rings is 1. The highest BCUT2D eigenvalue weighted by molar-refractivity contribution is 7.13. The molecule has 0 atom stereocenters. The van der Waals surface area contributed by atoms with Crippen LogP contribution in [0.4, 0.5) is 0 Å². The summed E-state index contributed by atoms with van der Waals surface area (Å²) < 4.78 is 6.70. The Morgan fingerprint density at radius 3 is 2.79 bits per heavy atom. The molecule has 152 valence electrons. The summed E-state index contributed by atoms with van der Waals surface area (Å²) in [6.45, 7) is 1.62. The van der Waals surface area contributed by atoms with E-state index >= 15 is 0 Å². The van der Waals surface area contributed by atoms with Crippen molar-refractivity contribution in [1.82, 2.24) is 19.7 Å². The van der Waals surface area contributed by atoms with Gasteiger partial charge in [0.2, 0.25) is 0 Å². The van der Waals surface area contributed by atoms with Crippen molar-refractivity contribution in [2.45, 2.75) is 19.4 Å². The summed E-state index contributed by atoms with van der Waals surface area (Å²) >= 11 is 1.47. The first-order chi connectivity index (χ1) is 14.0. The Kier molecular flexibility index (Phi) is 7.26. The molecule has 1 aromatic carbocycles. The molecule has 0 bridgehead atoms. The van der Waals surface area contributed by atoms with Crippen LogP contribution >= 0.6 is 11.3 Å². The Labute approximate surface area is 173 Å². The van der Waals surface area contributed by atoms with E-state index < -0.39 is 0 Å². The summed E-state index contributed by atoms with van der Waals surface area (Å²) in [6.07, 6.45) is 2.72. The van der Waals surface area contributed by atoms with Crippen LogP contribution < -0.4 is 5.56 Å². The second kappa shape index (κ2) is 10.1. The van der Waals surface area contributed by atoms with E-state index in [4.69, 9.17) is 4.74 Å². The van der Waals surface area contributed by atoms with Gasteiger partial charge >= 0.3 is 5.97 Å². The third-order valence-electron chi connectivity index (χ3n) is 4.20. The molecule has 0 N–H and O–H groups in total. The van der Waals surface area contributed by atoms with Crippen molar-refractivity contribution in [3.8, 4) is 10.7 Å². The van der Waals surface area contributed by atoms with E-state index in [2.05, 4.69) is 15.0 Å². The van der Waals surface area contributed by atoms with Crippen molar-refractivity contribution < 1.29 is 9.53 Å². The molecule has 0 aliphatic rings. The number of rotatable bonds is 9. The highest BCUT2D eigenvalue weighted by atomic mass is 32.1. The van der Waals surface area contributed by atoms with E-state index in [1.165, 1.54) is 22.1 Å². The largest absolute Gasteiger partial charge is 0.465 e. The van der Waals surface area contributed by atoms with Gasteiger partial charge in [-0.1, -0.05) is 24.3 Å². The fourth-order valence-corrected chi connectivity index (χ4v) is 3.42. The van der Waals surface area contributed by atoms with Gasteiger partial charge in [-0.15, -0.1) is 11.3 Å². The number of nitrogens with zero attached hydrogens (tertiary/aromatic N) is 4. The van der Waals surface area contributed by atoms with Gasteiger partial charge in [0.05, 0.1) is 19.6 Å². The Hall–Kier alpha value is -2.84. The van der Waals surface area contributed by atoms with Crippen molar-refractivity contribution in [3.05, 3.63) is 69.5 Å². The van der Waals surface area contributed by atoms with Gasteiger partial charge in [0.1, 0.15) is 10.7 Å². The van der Waals surface area contributed by atoms with E-state index in [1.54, 1.807) is 12.3 Å². The lowest BCUT2D eigenvalue weighted by atomic mass is 10.1. The number of esters is 1. The zero-order chi connectivity index (χ0) is 20.6. The monoisotopic (exact) mass is 412 g/mol. The van der Waals surface area contributed by atoms with Crippen LogP contribution in [0.15, 0.2) is 52.8 Å². The third kappa shape index (κ3) is 6.33. The van der Waals surface area contributed by atoms with Crippen LogP contribution in [-0.4, -0.2) is 52.9 Å². The van der Waals surface area contributed by atoms with E-state index in [-0.39, 0.29) is 17.9 Å². The predicted octanol–water partition coefficient (Wildman–Crippen LogP) is 2.45. The average molecular weight is 413 g/mol. The standard InChI is InChI=1S/C21H24N4O3S/c1-24(2)10-4-11-28-20(27)14-16-5-3-6-17(13-16)15-25-19(26)8-7-18(23-25)21-22-9-12-29-21/h3,5-9,12-13H,4,10-11,14-15H2,1-2H3. The normalized spacial score (nSPS) is 11.0. The number of hydrogen-bond donors (Lipinski definition) is 0. The Balaban J connectivity index is 1.64. The molecule has 0 saturated carbocycles. The Morgan fingerprint density at radius 1 is 1.21 bits per heavy atom. The Morgan fingerprint density at radius 2 is 2.03 bits per heavy atom. The van der Waals surface area contributed by atoms with Gasteiger partial charge in [-0.2, -0.15) is 5.10 Å². The van der Waals surface area contributed by atoms with E-state index in [1.807, 2.05) is 43.7 Å². The minimum absolute atomic E-state index is 0.184. The van der Waals surface area contributed by atoms with Gasteiger partial charge in [0, 0.05) is 24.2 Å². The number of carbonyl (C=O) groups excluding carboxylic acids is 1. The zero-order valence-corrected chi connectivity index (χ0v) is 17.4. The van der Waals surface area contributed by atoms with Crippen molar-refractivity contribution >= 4 is 17.3 Å². The predicted molar refractivity (Wildman–Crippen MR) is 113 cm³/mol. The smallest absolute Gasteiger partial charge is 0.310 e. The van der Waals surface area contributed by atoms with Gasteiger partial charge in [-0.3, -0.25) is 9.59 Å². The molecular formula is C21H24N4O3S. The first-order valence-corrected chi connectivity index (χ1v) is 10.3. The van der Waals surface area contributed by atoms with Crippen LogP contribution in [0.3, 0.4) is 0 Å². The number of benzene rings is 1. The van der Waals surface area contributed by atoms with Crippen LogP contribution in [0.25, 0.3) is 10.7 Å².